The molecule has 2 aromatic rings. The molecule has 0 saturated heterocycles. The van der Waals surface area contributed by atoms with E-state index in [0.717, 1.165) is 0 Å². The van der Waals surface area contributed by atoms with Crippen LogP contribution in [0.15, 0.2) is 65.8 Å². The maximum atomic E-state index is 12.4. The number of hydrogen-bond acceptors (Lipinski definition) is 6. The number of methoxy groups -OCH3 is 1. The number of ether oxygens (including phenoxy) is 4. The van der Waals surface area contributed by atoms with Crippen molar-refractivity contribution in [2.24, 2.45) is 4.99 Å². The van der Waals surface area contributed by atoms with Crippen molar-refractivity contribution in [1.82, 2.24) is 0 Å². The molecule has 1 heterocycles. The molecule has 3 rings (SSSR count). The summed E-state index contributed by atoms with van der Waals surface area (Å²) in [6.45, 7) is 0.959. The van der Waals surface area contributed by atoms with Crippen LogP contribution in [0.3, 0.4) is 0 Å². The molecule has 0 fully saturated rings. The third-order valence-electron chi connectivity index (χ3n) is 3.77. The van der Waals surface area contributed by atoms with Crippen LogP contribution in [-0.2, 0) is 9.53 Å². The van der Waals surface area contributed by atoms with Crippen LogP contribution in [0, 0.1) is 0 Å². The van der Waals surface area contributed by atoms with E-state index in [1.165, 1.54) is 31.4 Å². The number of hydrogen-bond donors (Lipinski definition) is 0. The summed E-state index contributed by atoms with van der Waals surface area (Å²) in [6.07, 6.45) is 3.14. The molecule has 150 valence electrons. The Balaban J connectivity index is 1.86. The summed E-state index contributed by atoms with van der Waals surface area (Å²) in [5.41, 5.74) is 1.03. The summed E-state index contributed by atoms with van der Waals surface area (Å²) < 4.78 is 45.1. The van der Waals surface area contributed by atoms with E-state index in [-0.39, 0.29) is 17.3 Å². The van der Waals surface area contributed by atoms with E-state index in [2.05, 4.69) is 16.3 Å². The van der Waals surface area contributed by atoms with Gasteiger partial charge in [-0.25, -0.2) is 9.79 Å². The molecule has 8 heteroatoms. The summed E-state index contributed by atoms with van der Waals surface area (Å²) in [5.74, 6) is 0.288. The number of nitrogens with zero attached hydrogens (tertiary/aromatic N) is 1. The SMILES string of the molecule is C=CCOc1ccc(/C=C2\N=C(c3cccc(OC(F)F)c3)OC2=O)cc1OC. The van der Waals surface area contributed by atoms with Crippen molar-refractivity contribution >= 4 is 17.9 Å². The normalized spacial score (nSPS) is 14.6. The summed E-state index contributed by atoms with van der Waals surface area (Å²) in [5, 5.41) is 0. The average Bonchev–Trinajstić information content (AvgIpc) is 3.07. The lowest BCUT2D eigenvalue weighted by Gasteiger charge is -2.09. The molecule has 0 aliphatic carbocycles. The van der Waals surface area contributed by atoms with E-state index in [0.29, 0.717) is 29.2 Å². The van der Waals surface area contributed by atoms with Gasteiger partial charge in [0, 0.05) is 5.56 Å². The minimum absolute atomic E-state index is 0.00105. The average molecular weight is 401 g/mol. The van der Waals surface area contributed by atoms with Crippen molar-refractivity contribution in [3.05, 3.63) is 71.9 Å². The van der Waals surface area contributed by atoms with Crippen molar-refractivity contribution in [3.8, 4) is 17.2 Å². The first-order valence-corrected chi connectivity index (χ1v) is 8.49. The first kappa shape index (κ1) is 20.1. The van der Waals surface area contributed by atoms with Gasteiger partial charge in [0.05, 0.1) is 7.11 Å². The maximum absolute atomic E-state index is 12.4. The van der Waals surface area contributed by atoms with E-state index < -0.39 is 12.6 Å². The zero-order chi connectivity index (χ0) is 20.8. The van der Waals surface area contributed by atoms with Crippen LogP contribution in [0.1, 0.15) is 11.1 Å². The largest absolute Gasteiger partial charge is 0.493 e. The predicted molar refractivity (Wildman–Crippen MR) is 102 cm³/mol. The van der Waals surface area contributed by atoms with Crippen molar-refractivity contribution < 1.29 is 32.5 Å². The molecule has 0 N–H and O–H groups in total. The lowest BCUT2D eigenvalue weighted by atomic mass is 10.1. The number of alkyl halides is 2. The van der Waals surface area contributed by atoms with Gasteiger partial charge in [-0.2, -0.15) is 8.78 Å². The standard InChI is InChI=1S/C21H17F2NO5/c1-3-9-27-17-8-7-13(11-18(17)26-2)10-16-20(25)29-19(24-16)14-5-4-6-15(12-14)28-21(22)23/h3-8,10-12,21H,1,9H2,2H3/b16-10-. The second-order valence-electron chi connectivity index (χ2n) is 5.75. The molecule has 0 atom stereocenters. The highest BCUT2D eigenvalue weighted by Gasteiger charge is 2.24. The highest BCUT2D eigenvalue weighted by Crippen LogP contribution is 2.30. The van der Waals surface area contributed by atoms with Crippen LogP contribution in [0.4, 0.5) is 8.78 Å². The Kier molecular flexibility index (Phi) is 6.23. The third-order valence-corrected chi connectivity index (χ3v) is 3.77. The lowest BCUT2D eigenvalue weighted by molar-refractivity contribution is -0.129. The van der Waals surface area contributed by atoms with E-state index in [1.54, 1.807) is 30.3 Å². The molecule has 0 saturated carbocycles. The molecule has 0 spiro atoms. The molecular weight excluding hydrogens is 384 g/mol. The van der Waals surface area contributed by atoms with E-state index in [9.17, 15) is 13.6 Å². The van der Waals surface area contributed by atoms with Crippen molar-refractivity contribution in [1.29, 1.82) is 0 Å². The summed E-state index contributed by atoms with van der Waals surface area (Å²) in [4.78, 5) is 16.3. The number of esters is 1. The minimum atomic E-state index is -2.96. The second-order valence-corrected chi connectivity index (χ2v) is 5.75. The molecule has 1 aliphatic rings. The number of carbonyl (C=O) groups excluding carboxylic acids is 1. The topological polar surface area (TPSA) is 66.3 Å². The van der Waals surface area contributed by atoms with Crippen molar-refractivity contribution in [3.63, 3.8) is 0 Å². The van der Waals surface area contributed by atoms with E-state index >= 15 is 0 Å². The first-order valence-electron chi connectivity index (χ1n) is 8.49. The second kappa shape index (κ2) is 9.01. The number of cyclic esters (lactones) is 1. The molecule has 6 nitrogen and oxygen atoms in total. The first-order chi connectivity index (χ1) is 14.0. The van der Waals surface area contributed by atoms with Gasteiger partial charge in [0.1, 0.15) is 12.4 Å². The van der Waals surface area contributed by atoms with Crippen LogP contribution in [-0.4, -0.2) is 32.2 Å². The molecule has 29 heavy (non-hydrogen) atoms. The van der Waals surface area contributed by atoms with Gasteiger partial charge in [-0.15, -0.1) is 0 Å². The van der Waals surface area contributed by atoms with Crippen LogP contribution in [0.2, 0.25) is 0 Å². The summed E-state index contributed by atoms with van der Waals surface area (Å²) in [7, 11) is 1.50. The Morgan fingerprint density at radius 2 is 2.03 bits per heavy atom. The Labute approximate surface area is 165 Å². The molecule has 0 bridgehead atoms. The van der Waals surface area contributed by atoms with Gasteiger partial charge in [0.25, 0.3) is 0 Å². The zero-order valence-electron chi connectivity index (χ0n) is 15.4. The van der Waals surface area contributed by atoms with Gasteiger partial charge in [-0.05, 0) is 42.0 Å². The Morgan fingerprint density at radius 1 is 1.21 bits per heavy atom. The zero-order valence-corrected chi connectivity index (χ0v) is 15.4. The van der Waals surface area contributed by atoms with Crippen molar-refractivity contribution in [2.75, 3.05) is 13.7 Å². The van der Waals surface area contributed by atoms with E-state index in [4.69, 9.17) is 14.2 Å². The molecular formula is C21H17F2NO5. The van der Waals surface area contributed by atoms with Gasteiger partial charge in [-0.3, -0.25) is 0 Å². The monoisotopic (exact) mass is 401 g/mol. The number of halogens is 2. The Morgan fingerprint density at radius 3 is 2.76 bits per heavy atom. The molecule has 0 radical (unpaired) electrons. The van der Waals surface area contributed by atoms with Gasteiger partial charge >= 0.3 is 12.6 Å². The number of carbonyl (C=O) groups is 1. The van der Waals surface area contributed by atoms with Crippen LogP contribution in [0.5, 0.6) is 17.2 Å². The highest BCUT2D eigenvalue weighted by molar-refractivity contribution is 6.13. The highest BCUT2D eigenvalue weighted by atomic mass is 19.3. The van der Waals surface area contributed by atoms with Gasteiger partial charge in [-0.1, -0.05) is 24.8 Å². The lowest BCUT2D eigenvalue weighted by Crippen LogP contribution is -2.07. The Hall–Kier alpha value is -3.68. The smallest absolute Gasteiger partial charge is 0.387 e. The fourth-order valence-corrected chi connectivity index (χ4v) is 2.54. The quantitative estimate of drug-likeness (QED) is 0.377. The molecule has 2 aromatic carbocycles. The fraction of sp³-hybridized carbons (Fsp3) is 0.143. The van der Waals surface area contributed by atoms with Gasteiger partial charge < -0.3 is 18.9 Å². The molecule has 1 aliphatic heterocycles. The van der Waals surface area contributed by atoms with Crippen LogP contribution < -0.4 is 14.2 Å². The third kappa shape index (κ3) is 4.98. The van der Waals surface area contributed by atoms with Crippen LogP contribution >= 0.6 is 0 Å². The number of rotatable bonds is 8. The summed E-state index contributed by atoms with van der Waals surface area (Å²) >= 11 is 0. The van der Waals surface area contributed by atoms with Gasteiger partial charge in [0.2, 0.25) is 5.90 Å². The Bertz CT molecular complexity index is 985. The maximum Gasteiger partial charge on any atom is 0.387 e. The van der Waals surface area contributed by atoms with E-state index in [1.807, 2.05) is 0 Å². The summed E-state index contributed by atoms with van der Waals surface area (Å²) in [6, 6.07) is 10.9. The van der Waals surface area contributed by atoms with Gasteiger partial charge in [0.15, 0.2) is 17.2 Å². The molecule has 0 aromatic heterocycles. The molecule has 0 unspecified atom stereocenters. The van der Waals surface area contributed by atoms with Crippen molar-refractivity contribution in [2.45, 2.75) is 6.61 Å². The number of benzene rings is 2. The van der Waals surface area contributed by atoms with Crippen LogP contribution in [0.25, 0.3) is 6.08 Å². The fourth-order valence-electron chi connectivity index (χ4n) is 2.54. The number of aliphatic imine (C=N–C) groups is 1. The minimum Gasteiger partial charge on any atom is -0.493 e. The predicted octanol–water partition coefficient (Wildman–Crippen LogP) is 4.21. The molecule has 0 amide bonds.